The van der Waals surface area contributed by atoms with Crippen molar-refractivity contribution >= 4 is 11.9 Å². The van der Waals surface area contributed by atoms with Crippen molar-refractivity contribution in [1.29, 1.82) is 0 Å². The first-order chi connectivity index (χ1) is 12.5. The van der Waals surface area contributed by atoms with E-state index in [-0.39, 0.29) is 12.5 Å². The van der Waals surface area contributed by atoms with Gasteiger partial charge in [0.2, 0.25) is 5.91 Å². The smallest absolute Gasteiger partial charge is 0.243 e. The molecular formula is C20H39N5O. The van der Waals surface area contributed by atoms with E-state index in [1.54, 1.807) is 19.0 Å². The van der Waals surface area contributed by atoms with Gasteiger partial charge in [-0.25, -0.2) is 4.99 Å². The molecule has 6 nitrogen and oxygen atoms in total. The minimum atomic E-state index is 0.0275. The SMILES string of the molecule is C=CCCCCCN(C)C(=NCC(=O)N(C)C)NCC1CCCN1CC. The number of likely N-dealkylation sites (tertiary alicyclic amines) is 1. The molecule has 0 saturated carbocycles. The van der Waals surface area contributed by atoms with Crippen LogP contribution in [0.2, 0.25) is 0 Å². The summed E-state index contributed by atoms with van der Waals surface area (Å²) >= 11 is 0. The predicted molar refractivity (Wildman–Crippen MR) is 111 cm³/mol. The molecule has 6 heteroatoms. The minimum Gasteiger partial charge on any atom is -0.355 e. The molecule has 1 atom stereocenters. The molecule has 0 radical (unpaired) electrons. The van der Waals surface area contributed by atoms with E-state index >= 15 is 0 Å². The lowest BCUT2D eigenvalue weighted by Crippen LogP contribution is -2.46. The van der Waals surface area contributed by atoms with Gasteiger partial charge in [-0.15, -0.1) is 6.58 Å². The number of rotatable bonds is 11. The van der Waals surface area contributed by atoms with Gasteiger partial charge in [0.1, 0.15) is 6.54 Å². The Bertz CT molecular complexity index is 449. The van der Waals surface area contributed by atoms with Crippen LogP contribution >= 0.6 is 0 Å². The molecule has 1 aliphatic heterocycles. The van der Waals surface area contributed by atoms with Crippen LogP contribution in [0.1, 0.15) is 45.4 Å². The molecule has 1 fully saturated rings. The number of likely N-dealkylation sites (N-methyl/N-ethyl adjacent to an activating group) is 2. The van der Waals surface area contributed by atoms with Crippen LogP contribution in [-0.4, -0.2) is 86.5 Å². The van der Waals surface area contributed by atoms with E-state index in [0.717, 1.165) is 38.4 Å². The second-order valence-corrected chi connectivity index (χ2v) is 7.29. The summed E-state index contributed by atoms with van der Waals surface area (Å²) in [6.07, 6.45) is 9.05. The standard InChI is InChI=1S/C20H39N5O/c1-6-8-9-10-11-14-24(5)20(22-17-19(26)23(3)4)21-16-18-13-12-15-25(18)7-2/h6,18H,1,7-17H2,2-5H3,(H,21,22). The highest BCUT2D eigenvalue weighted by atomic mass is 16.2. The maximum Gasteiger partial charge on any atom is 0.243 e. The summed E-state index contributed by atoms with van der Waals surface area (Å²) in [5.41, 5.74) is 0. The first kappa shape index (κ1) is 22.5. The van der Waals surface area contributed by atoms with Crippen LogP contribution in [-0.2, 0) is 4.79 Å². The van der Waals surface area contributed by atoms with Gasteiger partial charge in [-0.3, -0.25) is 9.69 Å². The molecule has 1 aliphatic rings. The predicted octanol–water partition coefficient (Wildman–Crippen LogP) is 2.18. The van der Waals surface area contributed by atoms with Gasteiger partial charge in [0.15, 0.2) is 5.96 Å². The number of aliphatic imine (C=N–C) groups is 1. The van der Waals surface area contributed by atoms with E-state index in [4.69, 9.17) is 0 Å². The molecule has 150 valence electrons. The third kappa shape index (κ3) is 8.21. The Labute approximate surface area is 160 Å². The third-order valence-electron chi connectivity index (χ3n) is 5.03. The highest BCUT2D eigenvalue weighted by molar-refractivity contribution is 5.84. The molecule has 0 bridgehead atoms. The van der Waals surface area contributed by atoms with Crippen molar-refractivity contribution in [2.45, 2.75) is 51.5 Å². The topological polar surface area (TPSA) is 51.2 Å². The number of carbonyl (C=O) groups excluding carboxylic acids is 1. The van der Waals surface area contributed by atoms with Gasteiger partial charge in [-0.1, -0.05) is 19.4 Å². The lowest BCUT2D eigenvalue weighted by molar-refractivity contribution is -0.127. The fraction of sp³-hybridized carbons (Fsp3) is 0.800. The molecule has 0 aliphatic carbocycles. The minimum absolute atomic E-state index is 0.0275. The summed E-state index contributed by atoms with van der Waals surface area (Å²) in [5.74, 6) is 0.867. The van der Waals surface area contributed by atoms with Crippen LogP contribution in [0.3, 0.4) is 0 Å². The zero-order chi connectivity index (χ0) is 19.4. The number of nitrogens with one attached hydrogen (secondary N) is 1. The summed E-state index contributed by atoms with van der Waals surface area (Å²) < 4.78 is 0. The molecule has 1 N–H and O–H groups in total. The normalized spacial score (nSPS) is 18.0. The van der Waals surface area contributed by atoms with Crippen LogP contribution in [0.25, 0.3) is 0 Å². The van der Waals surface area contributed by atoms with E-state index in [0.29, 0.717) is 6.04 Å². The van der Waals surface area contributed by atoms with Crippen molar-refractivity contribution in [1.82, 2.24) is 20.0 Å². The number of allylic oxidation sites excluding steroid dienone is 1. The van der Waals surface area contributed by atoms with Crippen molar-refractivity contribution in [3.05, 3.63) is 12.7 Å². The summed E-state index contributed by atoms with van der Waals surface area (Å²) in [4.78, 5) is 22.8. The lowest BCUT2D eigenvalue weighted by atomic mass is 10.2. The first-order valence-electron chi connectivity index (χ1n) is 10.0. The summed E-state index contributed by atoms with van der Waals surface area (Å²) in [6.45, 7) is 10.3. The Morgan fingerprint density at radius 3 is 2.73 bits per heavy atom. The molecule has 0 aromatic rings. The highest BCUT2D eigenvalue weighted by Gasteiger charge is 2.23. The zero-order valence-electron chi connectivity index (χ0n) is 17.3. The number of hydrogen-bond acceptors (Lipinski definition) is 3. The van der Waals surface area contributed by atoms with Gasteiger partial charge in [-0.05, 0) is 45.2 Å². The van der Waals surface area contributed by atoms with E-state index in [2.05, 4.69) is 40.7 Å². The molecule has 0 aromatic carbocycles. The van der Waals surface area contributed by atoms with Gasteiger partial charge in [0.05, 0.1) is 0 Å². The second kappa shape index (κ2) is 12.7. The van der Waals surface area contributed by atoms with Crippen LogP contribution in [0, 0.1) is 0 Å². The molecule has 1 heterocycles. The Balaban J connectivity index is 2.57. The number of nitrogens with zero attached hydrogens (tertiary/aromatic N) is 4. The van der Waals surface area contributed by atoms with Crippen LogP contribution in [0.5, 0.6) is 0 Å². The fourth-order valence-corrected chi connectivity index (χ4v) is 3.27. The van der Waals surface area contributed by atoms with Gasteiger partial charge in [-0.2, -0.15) is 0 Å². The quantitative estimate of drug-likeness (QED) is 0.264. The second-order valence-electron chi connectivity index (χ2n) is 7.29. The molecular weight excluding hydrogens is 326 g/mol. The maximum atomic E-state index is 11.9. The average molecular weight is 366 g/mol. The maximum absolute atomic E-state index is 11.9. The molecule has 1 rings (SSSR count). The van der Waals surface area contributed by atoms with Crippen LogP contribution in [0.15, 0.2) is 17.6 Å². The molecule has 1 unspecified atom stereocenters. The number of unbranched alkanes of at least 4 members (excludes halogenated alkanes) is 3. The molecule has 1 amide bonds. The summed E-state index contributed by atoms with van der Waals surface area (Å²) in [5, 5.41) is 3.52. The monoisotopic (exact) mass is 365 g/mol. The molecule has 1 saturated heterocycles. The number of guanidine groups is 1. The lowest BCUT2D eigenvalue weighted by Gasteiger charge is -2.27. The zero-order valence-corrected chi connectivity index (χ0v) is 17.3. The Morgan fingerprint density at radius 2 is 2.08 bits per heavy atom. The fourth-order valence-electron chi connectivity index (χ4n) is 3.27. The van der Waals surface area contributed by atoms with Crippen molar-refractivity contribution in [2.75, 3.05) is 53.9 Å². The van der Waals surface area contributed by atoms with E-state index in [1.165, 1.54) is 32.2 Å². The average Bonchev–Trinajstić information content (AvgIpc) is 3.08. The van der Waals surface area contributed by atoms with E-state index in [1.807, 2.05) is 6.08 Å². The number of amides is 1. The largest absolute Gasteiger partial charge is 0.355 e. The van der Waals surface area contributed by atoms with E-state index in [9.17, 15) is 4.79 Å². The first-order valence-corrected chi connectivity index (χ1v) is 10.0. The number of hydrogen-bond donors (Lipinski definition) is 1. The van der Waals surface area contributed by atoms with Gasteiger partial charge in [0.25, 0.3) is 0 Å². The Kier molecular flexibility index (Phi) is 11.0. The summed E-state index contributed by atoms with van der Waals surface area (Å²) in [6, 6.07) is 0.566. The van der Waals surface area contributed by atoms with Crippen molar-refractivity contribution < 1.29 is 4.79 Å². The molecule has 0 aromatic heterocycles. The Morgan fingerprint density at radius 1 is 1.31 bits per heavy atom. The third-order valence-corrected chi connectivity index (χ3v) is 5.03. The van der Waals surface area contributed by atoms with Crippen molar-refractivity contribution in [2.24, 2.45) is 4.99 Å². The van der Waals surface area contributed by atoms with Crippen molar-refractivity contribution in [3.8, 4) is 0 Å². The van der Waals surface area contributed by atoms with Gasteiger partial charge < -0.3 is 15.1 Å². The van der Waals surface area contributed by atoms with Gasteiger partial charge >= 0.3 is 0 Å². The molecule has 0 spiro atoms. The molecule has 26 heavy (non-hydrogen) atoms. The van der Waals surface area contributed by atoms with Crippen LogP contribution in [0.4, 0.5) is 0 Å². The number of carbonyl (C=O) groups is 1. The summed E-state index contributed by atoms with van der Waals surface area (Å²) in [7, 11) is 5.60. The van der Waals surface area contributed by atoms with E-state index < -0.39 is 0 Å². The van der Waals surface area contributed by atoms with Gasteiger partial charge in [0, 0.05) is 40.3 Å². The van der Waals surface area contributed by atoms with Crippen LogP contribution < -0.4 is 5.32 Å². The Hall–Kier alpha value is -1.56. The highest BCUT2D eigenvalue weighted by Crippen LogP contribution is 2.15. The van der Waals surface area contributed by atoms with Crippen molar-refractivity contribution in [3.63, 3.8) is 0 Å².